The monoisotopic (exact) mass is 516 g/mol. The molecule has 2 aliphatic heterocycles. The van der Waals surface area contributed by atoms with Crippen LogP contribution in [0.4, 0.5) is 0 Å². The summed E-state index contributed by atoms with van der Waals surface area (Å²) >= 11 is 9.21. The number of rotatable bonds is 6. The molecule has 34 heavy (non-hydrogen) atoms. The number of thiazole rings is 1. The van der Waals surface area contributed by atoms with E-state index in [-0.39, 0.29) is 19.0 Å². The molecule has 4 heterocycles. The Labute approximate surface area is 208 Å². The Kier molecular flexibility index (Phi) is 6.33. The Hall–Kier alpha value is -2.88. The molecule has 1 aromatic carbocycles. The molecule has 0 aliphatic carbocycles. The van der Waals surface area contributed by atoms with Crippen molar-refractivity contribution in [1.29, 1.82) is 0 Å². The average molecular weight is 517 g/mol. The van der Waals surface area contributed by atoms with E-state index in [9.17, 15) is 9.59 Å². The minimum absolute atomic E-state index is 0.134. The molecule has 0 bridgehead atoms. The number of hydrogen-bond acceptors (Lipinski definition) is 8. The van der Waals surface area contributed by atoms with E-state index in [0.29, 0.717) is 49.1 Å². The zero-order valence-corrected chi connectivity index (χ0v) is 20.9. The highest BCUT2D eigenvalue weighted by molar-refractivity contribution is 7.10. The second kappa shape index (κ2) is 9.40. The topological polar surface area (TPSA) is 79.1 Å². The summed E-state index contributed by atoms with van der Waals surface area (Å²) in [5.74, 6) is 0.709. The molecule has 0 spiro atoms. The molecule has 0 radical (unpaired) electrons. The Bertz CT molecular complexity index is 1470. The fraction of sp³-hybridized carbons (Fsp3) is 0.292. The maximum Gasteiger partial charge on any atom is 0.338 e. The van der Waals surface area contributed by atoms with Crippen LogP contribution in [-0.4, -0.2) is 23.9 Å². The van der Waals surface area contributed by atoms with Gasteiger partial charge in [0.05, 0.1) is 27.4 Å². The van der Waals surface area contributed by atoms with Crippen LogP contribution in [0.2, 0.25) is 5.02 Å². The lowest BCUT2D eigenvalue weighted by atomic mass is 9.99. The van der Waals surface area contributed by atoms with Gasteiger partial charge in [-0.1, -0.05) is 42.3 Å². The number of fused-ring (bicyclic) bond motifs is 2. The maximum absolute atomic E-state index is 13.7. The molecule has 0 N–H and O–H groups in total. The standard InChI is InChI=1S/C24H21ClN2O5S2/c1-3-6-15-20(23(29)30-4-2)21(18-7-5-8-33-18)27-22(28)19(34-24(27)26-15)10-13-9-16-17(11-14(13)25)32-12-31-16/h5,7-11,21H,3-4,6,12H2,1-2H3/b19-10+. The van der Waals surface area contributed by atoms with Gasteiger partial charge in [0.15, 0.2) is 16.3 Å². The van der Waals surface area contributed by atoms with Gasteiger partial charge < -0.3 is 14.2 Å². The van der Waals surface area contributed by atoms with Crippen molar-refractivity contribution < 1.29 is 19.0 Å². The summed E-state index contributed by atoms with van der Waals surface area (Å²) in [6.45, 7) is 4.17. The van der Waals surface area contributed by atoms with Crippen molar-refractivity contribution in [2.75, 3.05) is 13.4 Å². The third-order valence-electron chi connectivity index (χ3n) is 5.48. The summed E-state index contributed by atoms with van der Waals surface area (Å²) in [5.41, 5.74) is 1.48. The first-order valence-electron chi connectivity index (χ1n) is 10.9. The van der Waals surface area contributed by atoms with Crippen LogP contribution in [0.5, 0.6) is 11.5 Å². The lowest BCUT2D eigenvalue weighted by Gasteiger charge is -2.24. The number of allylic oxidation sites excluding steroid dienone is 1. The van der Waals surface area contributed by atoms with E-state index in [0.717, 1.165) is 11.3 Å². The highest BCUT2D eigenvalue weighted by Gasteiger charge is 2.34. The number of thiophene rings is 1. The van der Waals surface area contributed by atoms with Crippen LogP contribution in [-0.2, 0) is 9.53 Å². The van der Waals surface area contributed by atoms with Crippen LogP contribution in [0.1, 0.15) is 43.2 Å². The van der Waals surface area contributed by atoms with Gasteiger partial charge in [0.1, 0.15) is 6.04 Å². The normalized spacial score (nSPS) is 17.0. The summed E-state index contributed by atoms with van der Waals surface area (Å²) in [6, 6.07) is 6.68. The number of benzene rings is 1. The van der Waals surface area contributed by atoms with Gasteiger partial charge in [-0.2, -0.15) is 0 Å². The van der Waals surface area contributed by atoms with Gasteiger partial charge in [0.25, 0.3) is 5.56 Å². The van der Waals surface area contributed by atoms with E-state index < -0.39 is 12.0 Å². The summed E-state index contributed by atoms with van der Waals surface area (Å²) in [5, 5.41) is 2.38. The van der Waals surface area contributed by atoms with Crippen molar-refractivity contribution in [2.45, 2.75) is 32.7 Å². The molecule has 3 aromatic rings. The zero-order valence-electron chi connectivity index (χ0n) is 18.5. The quantitative estimate of drug-likeness (QED) is 0.462. The average Bonchev–Trinajstić information content (AvgIpc) is 3.55. The SMILES string of the molecule is CCCC1=C(C(=O)OCC)C(c2cccs2)n2c(s/c(=C/c3cc4c(cc3Cl)OCO4)c2=O)=N1. The van der Waals surface area contributed by atoms with Crippen LogP contribution < -0.4 is 24.4 Å². The van der Waals surface area contributed by atoms with E-state index in [1.165, 1.54) is 22.7 Å². The number of carbonyl (C=O) groups is 1. The van der Waals surface area contributed by atoms with E-state index in [2.05, 4.69) is 0 Å². The largest absolute Gasteiger partial charge is 0.463 e. The van der Waals surface area contributed by atoms with Gasteiger partial charge in [-0.3, -0.25) is 9.36 Å². The van der Waals surface area contributed by atoms with Crippen LogP contribution in [0.25, 0.3) is 6.08 Å². The lowest BCUT2D eigenvalue weighted by molar-refractivity contribution is -0.139. The molecule has 0 saturated heterocycles. The van der Waals surface area contributed by atoms with Gasteiger partial charge in [-0.25, -0.2) is 9.79 Å². The molecule has 0 saturated carbocycles. The van der Waals surface area contributed by atoms with E-state index in [1.807, 2.05) is 24.4 Å². The number of halogens is 1. The number of esters is 1. The third-order valence-corrected chi connectivity index (χ3v) is 7.72. The van der Waals surface area contributed by atoms with E-state index in [4.69, 9.17) is 30.8 Å². The van der Waals surface area contributed by atoms with Gasteiger partial charge >= 0.3 is 5.97 Å². The molecule has 5 rings (SSSR count). The predicted octanol–water partition coefficient (Wildman–Crippen LogP) is 4.02. The Balaban J connectivity index is 1.72. The summed E-state index contributed by atoms with van der Waals surface area (Å²) < 4.78 is 18.3. The number of carbonyl (C=O) groups excluding carboxylic acids is 1. The van der Waals surface area contributed by atoms with Crippen molar-refractivity contribution in [1.82, 2.24) is 4.57 Å². The Morgan fingerprint density at radius 3 is 2.82 bits per heavy atom. The minimum atomic E-state index is -0.591. The van der Waals surface area contributed by atoms with Crippen molar-refractivity contribution >= 4 is 46.3 Å². The number of ether oxygens (including phenoxy) is 3. The summed E-state index contributed by atoms with van der Waals surface area (Å²) in [7, 11) is 0. The second-order valence-corrected chi connectivity index (χ2v) is 10.1. The number of hydrogen-bond donors (Lipinski definition) is 0. The smallest absolute Gasteiger partial charge is 0.338 e. The van der Waals surface area contributed by atoms with Crippen molar-refractivity contribution in [3.63, 3.8) is 0 Å². The highest BCUT2D eigenvalue weighted by atomic mass is 35.5. The molecular weight excluding hydrogens is 496 g/mol. The Morgan fingerprint density at radius 2 is 2.12 bits per heavy atom. The first-order valence-corrected chi connectivity index (χ1v) is 12.9. The molecule has 1 unspecified atom stereocenters. The van der Waals surface area contributed by atoms with Crippen molar-refractivity contribution in [2.24, 2.45) is 4.99 Å². The predicted molar refractivity (Wildman–Crippen MR) is 132 cm³/mol. The van der Waals surface area contributed by atoms with E-state index in [1.54, 1.807) is 29.7 Å². The van der Waals surface area contributed by atoms with Crippen LogP contribution >= 0.6 is 34.3 Å². The first-order chi connectivity index (χ1) is 16.5. The van der Waals surface area contributed by atoms with Crippen molar-refractivity contribution in [3.05, 3.63) is 76.1 Å². The third kappa shape index (κ3) is 3.97. The second-order valence-electron chi connectivity index (χ2n) is 7.66. The lowest BCUT2D eigenvalue weighted by Crippen LogP contribution is -2.39. The van der Waals surface area contributed by atoms with Crippen molar-refractivity contribution in [3.8, 4) is 11.5 Å². The minimum Gasteiger partial charge on any atom is -0.463 e. The van der Waals surface area contributed by atoms with Gasteiger partial charge in [-0.05, 0) is 42.5 Å². The van der Waals surface area contributed by atoms with Crippen LogP contribution in [0, 0.1) is 0 Å². The van der Waals surface area contributed by atoms with E-state index >= 15 is 0 Å². The Morgan fingerprint density at radius 1 is 1.32 bits per heavy atom. The fourth-order valence-corrected chi connectivity index (χ4v) is 6.06. The number of nitrogens with zero attached hydrogens (tertiary/aromatic N) is 2. The molecule has 1 atom stereocenters. The zero-order chi connectivity index (χ0) is 23.8. The summed E-state index contributed by atoms with van der Waals surface area (Å²) in [4.78, 5) is 32.9. The van der Waals surface area contributed by atoms with Crippen LogP contribution in [0.15, 0.2) is 50.7 Å². The van der Waals surface area contributed by atoms with Gasteiger partial charge in [0, 0.05) is 10.9 Å². The molecule has 10 heteroatoms. The molecule has 0 fully saturated rings. The van der Waals surface area contributed by atoms with Gasteiger partial charge in [0.2, 0.25) is 6.79 Å². The number of aromatic nitrogens is 1. The summed E-state index contributed by atoms with van der Waals surface area (Å²) in [6.07, 6.45) is 3.14. The first kappa shape index (κ1) is 22.9. The maximum atomic E-state index is 13.7. The fourth-order valence-electron chi connectivity index (χ4n) is 4.02. The van der Waals surface area contributed by atoms with Gasteiger partial charge in [-0.15, -0.1) is 11.3 Å². The highest BCUT2D eigenvalue weighted by Crippen LogP contribution is 2.37. The molecule has 2 aromatic heterocycles. The molecule has 2 aliphatic rings. The molecule has 7 nitrogen and oxygen atoms in total. The van der Waals surface area contributed by atoms with Crippen LogP contribution in [0.3, 0.4) is 0 Å². The molecule has 176 valence electrons. The molecule has 0 amide bonds. The molecular formula is C24H21ClN2O5S2.